The predicted octanol–water partition coefficient (Wildman–Crippen LogP) is 4.01. The van der Waals surface area contributed by atoms with Gasteiger partial charge in [-0.1, -0.05) is 5.11 Å². The van der Waals surface area contributed by atoms with Crippen LogP contribution in [0.25, 0.3) is 15.3 Å². The molecule has 0 fully saturated rings. The molecule has 0 saturated carbocycles. The Balaban J connectivity index is 2.39. The lowest BCUT2D eigenvalue weighted by atomic mass is 10.2. The van der Waals surface area contributed by atoms with E-state index in [-0.39, 0.29) is 5.69 Å². The highest BCUT2D eigenvalue weighted by atomic mass is 32.2. The Morgan fingerprint density at radius 2 is 1.94 bits per heavy atom. The first-order valence-corrected chi connectivity index (χ1v) is 6.99. The summed E-state index contributed by atoms with van der Waals surface area (Å²) < 4.78 is 0. The van der Waals surface area contributed by atoms with Crippen molar-refractivity contribution in [3.8, 4) is 0 Å². The monoisotopic (exact) mass is 280 g/mol. The maximum Gasteiger partial charge on any atom is 0.269 e. The van der Waals surface area contributed by atoms with Gasteiger partial charge in [0.05, 0.1) is 9.95 Å². The molecule has 1 aromatic carbocycles. The fourth-order valence-corrected chi connectivity index (χ4v) is 3.69. The van der Waals surface area contributed by atoms with Crippen molar-refractivity contribution in [2.45, 2.75) is 0 Å². The minimum absolute atomic E-state index is 0.0538. The third kappa shape index (κ3) is 2.79. The molecule has 8 heteroatoms. The van der Waals surface area contributed by atoms with E-state index in [9.17, 15) is 10.1 Å². The summed E-state index contributed by atoms with van der Waals surface area (Å²) in [4.78, 5) is 13.8. The molecule has 0 saturated heterocycles. The molecule has 6 nitrogen and oxygen atoms in total. The number of rotatable bonds is 3. The number of nitro groups is 1. The standard InChI is InChI=1S/C10H8N4O2S2/c11-13-12-10-9(17-5-6-18-10)7-1-3-8(4-2-7)14(15)16/h1-4H,5-6H2. The van der Waals surface area contributed by atoms with E-state index in [2.05, 4.69) is 10.0 Å². The molecule has 1 aromatic rings. The van der Waals surface area contributed by atoms with E-state index in [0.717, 1.165) is 22.0 Å². The molecule has 2 rings (SSSR count). The molecule has 0 atom stereocenters. The Morgan fingerprint density at radius 1 is 1.28 bits per heavy atom. The first-order valence-electron chi connectivity index (χ1n) is 5.02. The topological polar surface area (TPSA) is 91.9 Å². The van der Waals surface area contributed by atoms with Gasteiger partial charge in [-0.15, -0.1) is 23.5 Å². The quantitative estimate of drug-likeness (QED) is 0.275. The number of hydrogen-bond donors (Lipinski definition) is 0. The summed E-state index contributed by atoms with van der Waals surface area (Å²) in [5.41, 5.74) is 9.41. The number of nitro benzene ring substituents is 1. The Morgan fingerprint density at radius 3 is 2.56 bits per heavy atom. The van der Waals surface area contributed by atoms with Gasteiger partial charge in [0.1, 0.15) is 0 Å². The molecule has 1 heterocycles. The van der Waals surface area contributed by atoms with Gasteiger partial charge >= 0.3 is 0 Å². The molecule has 1 aliphatic rings. The van der Waals surface area contributed by atoms with Gasteiger partial charge in [0.25, 0.3) is 5.69 Å². The summed E-state index contributed by atoms with van der Waals surface area (Å²) in [5, 5.41) is 14.9. The van der Waals surface area contributed by atoms with E-state index in [0.29, 0.717) is 5.03 Å². The lowest BCUT2D eigenvalue weighted by Crippen LogP contribution is -1.96. The van der Waals surface area contributed by atoms with Gasteiger partial charge in [0.15, 0.2) is 0 Å². The van der Waals surface area contributed by atoms with Crippen molar-refractivity contribution in [3.05, 3.63) is 55.4 Å². The molecular weight excluding hydrogens is 272 g/mol. The summed E-state index contributed by atoms with van der Waals surface area (Å²) in [7, 11) is 0. The second-order valence-corrected chi connectivity index (χ2v) is 5.51. The number of non-ortho nitro benzene ring substituents is 1. The van der Waals surface area contributed by atoms with Crippen LogP contribution >= 0.6 is 23.5 Å². The van der Waals surface area contributed by atoms with Crippen molar-refractivity contribution in [1.29, 1.82) is 0 Å². The number of benzene rings is 1. The van der Waals surface area contributed by atoms with E-state index in [1.165, 1.54) is 23.9 Å². The fourth-order valence-electron chi connectivity index (χ4n) is 1.47. The van der Waals surface area contributed by atoms with Crippen LogP contribution in [0.3, 0.4) is 0 Å². The first-order chi connectivity index (χ1) is 8.72. The van der Waals surface area contributed by atoms with Gasteiger partial charge in [-0.2, -0.15) is 0 Å². The van der Waals surface area contributed by atoms with Crippen molar-refractivity contribution >= 4 is 34.1 Å². The van der Waals surface area contributed by atoms with Crippen LogP contribution in [0, 0.1) is 10.1 Å². The first kappa shape index (κ1) is 12.8. The maximum absolute atomic E-state index is 10.6. The van der Waals surface area contributed by atoms with Gasteiger partial charge in [0, 0.05) is 33.5 Å². The van der Waals surface area contributed by atoms with Crippen molar-refractivity contribution < 1.29 is 4.92 Å². The predicted molar refractivity (Wildman–Crippen MR) is 74.1 cm³/mol. The summed E-state index contributed by atoms with van der Waals surface area (Å²) in [6, 6.07) is 6.27. The van der Waals surface area contributed by atoms with E-state index >= 15 is 0 Å². The lowest BCUT2D eigenvalue weighted by molar-refractivity contribution is -0.384. The van der Waals surface area contributed by atoms with Crippen molar-refractivity contribution in [2.24, 2.45) is 5.11 Å². The minimum atomic E-state index is -0.435. The normalized spacial score (nSPS) is 15.1. The van der Waals surface area contributed by atoms with Crippen LogP contribution in [0.5, 0.6) is 0 Å². The van der Waals surface area contributed by atoms with Gasteiger partial charge in [0.2, 0.25) is 0 Å². The smallest absolute Gasteiger partial charge is 0.258 e. The molecule has 1 aliphatic heterocycles. The van der Waals surface area contributed by atoms with Gasteiger partial charge < -0.3 is 0 Å². The molecule has 0 aromatic heterocycles. The van der Waals surface area contributed by atoms with Crippen molar-refractivity contribution in [1.82, 2.24) is 0 Å². The Bertz CT molecular complexity index is 550. The third-order valence-corrected chi connectivity index (χ3v) is 4.72. The van der Waals surface area contributed by atoms with Crippen LogP contribution in [-0.4, -0.2) is 16.4 Å². The van der Waals surface area contributed by atoms with E-state index in [1.54, 1.807) is 23.9 Å². The van der Waals surface area contributed by atoms with Crippen LogP contribution < -0.4 is 0 Å². The van der Waals surface area contributed by atoms with Crippen molar-refractivity contribution in [3.63, 3.8) is 0 Å². The molecule has 0 amide bonds. The van der Waals surface area contributed by atoms with E-state index in [1.807, 2.05) is 0 Å². The van der Waals surface area contributed by atoms with Crippen molar-refractivity contribution in [2.75, 3.05) is 11.5 Å². The average Bonchev–Trinajstić information content (AvgIpc) is 2.40. The summed E-state index contributed by atoms with van der Waals surface area (Å²) in [6.45, 7) is 0. The Kier molecular flexibility index (Phi) is 4.14. The molecule has 0 radical (unpaired) electrons. The Labute approximate surface area is 111 Å². The van der Waals surface area contributed by atoms with Gasteiger partial charge in [-0.3, -0.25) is 10.1 Å². The zero-order chi connectivity index (χ0) is 13.0. The maximum atomic E-state index is 10.6. The zero-order valence-electron chi connectivity index (χ0n) is 9.15. The SMILES string of the molecule is [N-]=[N+]=NC1=C(c2ccc([N+](=O)[O-])cc2)SCCS1. The zero-order valence-corrected chi connectivity index (χ0v) is 10.8. The number of azide groups is 1. The lowest BCUT2D eigenvalue weighted by Gasteiger charge is -2.16. The molecule has 0 spiro atoms. The van der Waals surface area contributed by atoms with Crippen LogP contribution in [0.2, 0.25) is 0 Å². The highest BCUT2D eigenvalue weighted by Gasteiger charge is 2.15. The van der Waals surface area contributed by atoms with Crippen LogP contribution in [-0.2, 0) is 0 Å². The molecule has 0 aliphatic carbocycles. The minimum Gasteiger partial charge on any atom is -0.258 e. The van der Waals surface area contributed by atoms with Crippen LogP contribution in [0.4, 0.5) is 5.69 Å². The highest BCUT2D eigenvalue weighted by molar-refractivity contribution is 8.13. The number of nitrogens with zero attached hydrogens (tertiary/aromatic N) is 4. The largest absolute Gasteiger partial charge is 0.269 e. The fraction of sp³-hybridized carbons (Fsp3) is 0.200. The summed E-state index contributed by atoms with van der Waals surface area (Å²) >= 11 is 3.11. The molecule has 92 valence electrons. The Hall–Kier alpha value is -1.63. The number of hydrogen-bond acceptors (Lipinski definition) is 5. The summed E-state index contributed by atoms with van der Waals surface area (Å²) in [5.74, 6) is 1.83. The molecule has 0 bridgehead atoms. The third-order valence-electron chi connectivity index (χ3n) is 2.24. The molecule has 0 N–H and O–H groups in total. The second-order valence-electron chi connectivity index (χ2n) is 3.32. The number of thioether (sulfide) groups is 2. The molecule has 18 heavy (non-hydrogen) atoms. The van der Waals surface area contributed by atoms with Crippen LogP contribution in [0.1, 0.15) is 5.56 Å². The molecule has 0 unspecified atom stereocenters. The van der Waals surface area contributed by atoms with Crippen LogP contribution in [0.15, 0.2) is 34.4 Å². The van der Waals surface area contributed by atoms with E-state index in [4.69, 9.17) is 5.53 Å². The molecular formula is C10H8N4O2S2. The second kappa shape index (κ2) is 5.81. The van der Waals surface area contributed by atoms with E-state index < -0.39 is 4.92 Å². The van der Waals surface area contributed by atoms with Gasteiger partial charge in [-0.05, 0) is 23.2 Å². The average molecular weight is 280 g/mol. The highest BCUT2D eigenvalue weighted by Crippen LogP contribution is 2.41. The van der Waals surface area contributed by atoms with Gasteiger partial charge in [-0.25, -0.2) is 0 Å². The summed E-state index contributed by atoms with van der Waals surface area (Å²) in [6.07, 6.45) is 0.